The molecule has 2 rings (SSSR count). The first-order valence-corrected chi connectivity index (χ1v) is 8.76. The Labute approximate surface area is 141 Å². The lowest BCUT2D eigenvalue weighted by Gasteiger charge is -2.27. The minimum absolute atomic E-state index is 0.0911. The van der Waals surface area contributed by atoms with Gasteiger partial charge in [-0.15, -0.1) is 11.3 Å². The second-order valence-electron chi connectivity index (χ2n) is 5.67. The molecule has 0 fully saturated rings. The number of hydrogen-bond acceptors (Lipinski definition) is 2. The quantitative estimate of drug-likeness (QED) is 0.711. The smallest absolute Gasteiger partial charge is 0.230 e. The molecular weight excluding hydrogens is 314 g/mol. The number of thiophene rings is 1. The lowest BCUT2D eigenvalue weighted by Crippen LogP contribution is -2.34. The van der Waals surface area contributed by atoms with Crippen LogP contribution in [0.1, 0.15) is 36.6 Å². The van der Waals surface area contributed by atoms with Crippen molar-refractivity contribution in [3.05, 3.63) is 57.2 Å². The standard InChI is InChI=1S/C18H22ClNOS/c1-4-13(2)17(14-8-6-5-7-9-14)18(21)20(3)12-15-10-11-16(19)22-15/h5-11,13,17H,4,12H2,1-3H3. The summed E-state index contributed by atoms with van der Waals surface area (Å²) >= 11 is 7.50. The van der Waals surface area contributed by atoms with E-state index in [0.717, 1.165) is 21.2 Å². The highest BCUT2D eigenvalue weighted by Crippen LogP contribution is 2.30. The van der Waals surface area contributed by atoms with Gasteiger partial charge in [0.2, 0.25) is 5.91 Å². The van der Waals surface area contributed by atoms with Gasteiger partial charge in [0.1, 0.15) is 0 Å². The van der Waals surface area contributed by atoms with E-state index in [1.54, 1.807) is 0 Å². The van der Waals surface area contributed by atoms with Gasteiger partial charge < -0.3 is 4.90 Å². The van der Waals surface area contributed by atoms with Crippen LogP contribution in [0.2, 0.25) is 4.34 Å². The topological polar surface area (TPSA) is 20.3 Å². The predicted octanol–water partition coefficient (Wildman–Crippen LogP) is 5.19. The zero-order valence-corrected chi connectivity index (χ0v) is 14.8. The van der Waals surface area contributed by atoms with Gasteiger partial charge in [0.05, 0.1) is 16.8 Å². The third kappa shape index (κ3) is 4.11. The van der Waals surface area contributed by atoms with Crippen molar-refractivity contribution in [1.82, 2.24) is 4.90 Å². The highest BCUT2D eigenvalue weighted by molar-refractivity contribution is 7.16. The van der Waals surface area contributed by atoms with E-state index in [1.165, 1.54) is 11.3 Å². The van der Waals surface area contributed by atoms with Crippen molar-refractivity contribution in [2.75, 3.05) is 7.05 Å². The zero-order chi connectivity index (χ0) is 16.1. The molecule has 0 aliphatic heterocycles. The summed E-state index contributed by atoms with van der Waals surface area (Å²) in [7, 11) is 1.87. The summed E-state index contributed by atoms with van der Waals surface area (Å²) in [4.78, 5) is 15.9. The molecule has 1 heterocycles. The molecule has 0 bridgehead atoms. The molecule has 0 aliphatic rings. The average molecular weight is 336 g/mol. The molecule has 0 radical (unpaired) electrons. The van der Waals surface area contributed by atoms with Crippen LogP contribution in [0.25, 0.3) is 0 Å². The number of carbonyl (C=O) groups is 1. The minimum Gasteiger partial charge on any atom is -0.340 e. The van der Waals surface area contributed by atoms with Crippen molar-refractivity contribution < 1.29 is 4.79 Å². The lowest BCUT2D eigenvalue weighted by atomic mass is 9.84. The molecular formula is C18H22ClNOS. The van der Waals surface area contributed by atoms with E-state index >= 15 is 0 Å². The van der Waals surface area contributed by atoms with Crippen molar-refractivity contribution in [3.63, 3.8) is 0 Å². The van der Waals surface area contributed by atoms with E-state index in [0.29, 0.717) is 12.5 Å². The van der Waals surface area contributed by atoms with E-state index in [2.05, 4.69) is 13.8 Å². The van der Waals surface area contributed by atoms with Crippen molar-refractivity contribution in [2.45, 2.75) is 32.7 Å². The molecule has 0 aliphatic carbocycles. The van der Waals surface area contributed by atoms with Crippen LogP contribution in [0.4, 0.5) is 0 Å². The number of halogens is 1. The molecule has 22 heavy (non-hydrogen) atoms. The van der Waals surface area contributed by atoms with Gasteiger partial charge in [0.15, 0.2) is 0 Å². The maximum absolute atomic E-state index is 13.0. The Morgan fingerprint density at radius 2 is 1.91 bits per heavy atom. The van der Waals surface area contributed by atoms with Gasteiger partial charge in [-0.2, -0.15) is 0 Å². The number of rotatable bonds is 6. The Hall–Kier alpha value is -1.32. The SMILES string of the molecule is CCC(C)C(C(=O)N(C)Cc1ccc(Cl)s1)c1ccccc1. The minimum atomic E-state index is -0.0911. The second-order valence-corrected chi connectivity index (χ2v) is 7.47. The number of likely N-dealkylation sites (N-methyl/N-ethyl adjacent to an activating group) is 1. The molecule has 0 N–H and O–H groups in total. The summed E-state index contributed by atoms with van der Waals surface area (Å²) in [5.41, 5.74) is 1.10. The van der Waals surface area contributed by atoms with Gasteiger partial charge in [-0.25, -0.2) is 0 Å². The number of carbonyl (C=O) groups excluding carboxylic acids is 1. The lowest BCUT2D eigenvalue weighted by molar-refractivity contribution is -0.133. The monoisotopic (exact) mass is 335 g/mol. The summed E-state index contributed by atoms with van der Waals surface area (Å²) in [5, 5.41) is 0. The molecule has 2 unspecified atom stereocenters. The second kappa shape index (κ2) is 7.80. The van der Waals surface area contributed by atoms with E-state index in [-0.39, 0.29) is 11.8 Å². The molecule has 1 aromatic carbocycles. The van der Waals surface area contributed by atoms with Gasteiger partial charge in [-0.1, -0.05) is 62.2 Å². The average Bonchev–Trinajstić information content (AvgIpc) is 2.93. The van der Waals surface area contributed by atoms with E-state index in [9.17, 15) is 4.79 Å². The maximum Gasteiger partial charge on any atom is 0.230 e. The first-order valence-electron chi connectivity index (χ1n) is 7.57. The summed E-state index contributed by atoms with van der Waals surface area (Å²) in [6.45, 7) is 4.88. The first kappa shape index (κ1) is 17.0. The molecule has 0 spiro atoms. The summed E-state index contributed by atoms with van der Waals surface area (Å²) < 4.78 is 0.761. The van der Waals surface area contributed by atoms with Crippen LogP contribution in [0.3, 0.4) is 0 Å². The normalized spacial score (nSPS) is 13.6. The van der Waals surface area contributed by atoms with Crippen molar-refractivity contribution in [2.24, 2.45) is 5.92 Å². The Kier molecular flexibility index (Phi) is 6.04. The third-order valence-corrected chi connectivity index (χ3v) is 5.25. The molecule has 1 amide bonds. The molecule has 118 valence electrons. The molecule has 2 aromatic rings. The number of nitrogens with zero attached hydrogens (tertiary/aromatic N) is 1. The molecule has 2 nitrogen and oxygen atoms in total. The predicted molar refractivity (Wildman–Crippen MR) is 94.4 cm³/mol. The van der Waals surface area contributed by atoms with Crippen LogP contribution in [0.5, 0.6) is 0 Å². The molecule has 1 aromatic heterocycles. The fraction of sp³-hybridized carbons (Fsp3) is 0.389. The Bertz CT molecular complexity index is 611. The Balaban J connectivity index is 2.18. The molecule has 4 heteroatoms. The van der Waals surface area contributed by atoms with Crippen molar-refractivity contribution in [3.8, 4) is 0 Å². The van der Waals surface area contributed by atoms with E-state index in [1.807, 2.05) is 54.4 Å². The van der Waals surface area contributed by atoms with Crippen LogP contribution in [-0.2, 0) is 11.3 Å². The fourth-order valence-corrected chi connectivity index (χ4v) is 3.74. The van der Waals surface area contributed by atoms with Crippen LogP contribution in [0.15, 0.2) is 42.5 Å². The fourth-order valence-electron chi connectivity index (χ4n) is 2.60. The molecule has 0 saturated carbocycles. The van der Waals surface area contributed by atoms with Crippen LogP contribution in [0, 0.1) is 5.92 Å². The Morgan fingerprint density at radius 3 is 2.45 bits per heavy atom. The largest absolute Gasteiger partial charge is 0.340 e. The van der Waals surface area contributed by atoms with Gasteiger partial charge >= 0.3 is 0 Å². The Morgan fingerprint density at radius 1 is 1.23 bits per heavy atom. The summed E-state index contributed by atoms with van der Waals surface area (Å²) in [6.07, 6.45) is 0.976. The number of hydrogen-bond donors (Lipinski definition) is 0. The van der Waals surface area contributed by atoms with Gasteiger partial charge in [0, 0.05) is 11.9 Å². The summed E-state index contributed by atoms with van der Waals surface area (Å²) in [6, 6.07) is 13.9. The molecule has 2 atom stereocenters. The van der Waals surface area contributed by atoms with Gasteiger partial charge in [-0.05, 0) is 23.6 Å². The van der Waals surface area contributed by atoms with Crippen molar-refractivity contribution in [1.29, 1.82) is 0 Å². The highest BCUT2D eigenvalue weighted by atomic mass is 35.5. The van der Waals surface area contributed by atoms with Crippen LogP contribution in [-0.4, -0.2) is 17.9 Å². The number of benzene rings is 1. The van der Waals surface area contributed by atoms with E-state index < -0.39 is 0 Å². The first-order chi connectivity index (χ1) is 10.5. The highest BCUT2D eigenvalue weighted by Gasteiger charge is 2.28. The van der Waals surface area contributed by atoms with Crippen LogP contribution < -0.4 is 0 Å². The van der Waals surface area contributed by atoms with Gasteiger partial charge in [-0.3, -0.25) is 4.79 Å². The summed E-state index contributed by atoms with van der Waals surface area (Å²) in [5.74, 6) is 0.390. The molecule has 0 saturated heterocycles. The van der Waals surface area contributed by atoms with Gasteiger partial charge in [0.25, 0.3) is 0 Å². The third-order valence-electron chi connectivity index (χ3n) is 4.04. The van der Waals surface area contributed by atoms with Crippen molar-refractivity contribution >= 4 is 28.8 Å². The number of amides is 1. The zero-order valence-electron chi connectivity index (χ0n) is 13.3. The van der Waals surface area contributed by atoms with E-state index in [4.69, 9.17) is 11.6 Å². The maximum atomic E-state index is 13.0. The van der Waals surface area contributed by atoms with Crippen LogP contribution >= 0.6 is 22.9 Å².